The third kappa shape index (κ3) is 3.80. The van der Waals surface area contributed by atoms with Crippen LogP contribution in [0.15, 0.2) is 47.4 Å². The lowest BCUT2D eigenvalue weighted by Gasteiger charge is -2.26. The predicted octanol–water partition coefficient (Wildman–Crippen LogP) is 4.03. The fourth-order valence-corrected chi connectivity index (χ4v) is 5.80. The molecule has 0 bridgehead atoms. The first kappa shape index (κ1) is 19.0. The zero-order valence-corrected chi connectivity index (χ0v) is 17.1. The second kappa shape index (κ2) is 7.62. The first-order valence-electron chi connectivity index (χ1n) is 9.22. The Labute approximate surface area is 168 Å². The number of sulfonamides is 1. The zero-order valence-electron chi connectivity index (χ0n) is 15.5. The molecule has 28 heavy (non-hydrogen) atoms. The molecule has 4 rings (SSSR count). The van der Waals surface area contributed by atoms with Gasteiger partial charge in [-0.1, -0.05) is 12.5 Å². The van der Waals surface area contributed by atoms with Crippen LogP contribution in [0.5, 0.6) is 0 Å². The normalized spacial score (nSPS) is 15.6. The minimum absolute atomic E-state index is 0.163. The quantitative estimate of drug-likeness (QED) is 0.698. The van der Waals surface area contributed by atoms with Crippen molar-refractivity contribution in [2.45, 2.75) is 31.1 Å². The van der Waals surface area contributed by atoms with Crippen molar-refractivity contribution < 1.29 is 13.2 Å². The van der Waals surface area contributed by atoms with E-state index in [2.05, 4.69) is 10.3 Å². The van der Waals surface area contributed by atoms with E-state index in [1.807, 2.05) is 19.1 Å². The van der Waals surface area contributed by atoms with Crippen molar-refractivity contribution in [3.8, 4) is 0 Å². The number of aromatic nitrogens is 1. The topological polar surface area (TPSA) is 79.4 Å². The first-order valence-corrected chi connectivity index (χ1v) is 11.5. The van der Waals surface area contributed by atoms with E-state index in [4.69, 9.17) is 0 Å². The van der Waals surface area contributed by atoms with Gasteiger partial charge in [-0.2, -0.15) is 4.31 Å². The van der Waals surface area contributed by atoms with E-state index in [9.17, 15) is 13.2 Å². The van der Waals surface area contributed by atoms with Gasteiger partial charge in [0.05, 0.1) is 20.1 Å². The second-order valence-corrected chi connectivity index (χ2v) is 10.0. The molecule has 1 amide bonds. The van der Waals surface area contributed by atoms with Gasteiger partial charge in [-0.25, -0.2) is 13.4 Å². The Bertz CT molecular complexity index is 1130. The van der Waals surface area contributed by atoms with Gasteiger partial charge in [0.25, 0.3) is 5.91 Å². The molecule has 6 nitrogen and oxygen atoms in total. The lowest BCUT2D eigenvalue weighted by molar-refractivity contribution is 0.102. The van der Waals surface area contributed by atoms with E-state index in [-0.39, 0.29) is 10.8 Å². The number of amides is 1. The van der Waals surface area contributed by atoms with Crippen LogP contribution < -0.4 is 5.32 Å². The largest absolute Gasteiger partial charge is 0.322 e. The number of rotatable bonds is 4. The first-order chi connectivity index (χ1) is 13.4. The van der Waals surface area contributed by atoms with Gasteiger partial charge >= 0.3 is 0 Å². The van der Waals surface area contributed by atoms with E-state index < -0.39 is 10.0 Å². The molecule has 1 aliphatic rings. The molecule has 0 unspecified atom stereocenters. The van der Waals surface area contributed by atoms with Crippen molar-refractivity contribution in [3.05, 3.63) is 53.0 Å². The van der Waals surface area contributed by atoms with Crippen molar-refractivity contribution >= 4 is 43.2 Å². The Morgan fingerprint density at radius 1 is 1.11 bits per heavy atom. The summed E-state index contributed by atoms with van der Waals surface area (Å²) < 4.78 is 28.2. The Hall–Kier alpha value is -2.29. The Kier molecular flexibility index (Phi) is 5.18. The third-order valence-corrected chi connectivity index (χ3v) is 7.63. The molecule has 1 N–H and O–H groups in total. The van der Waals surface area contributed by atoms with Gasteiger partial charge in [0.2, 0.25) is 10.0 Å². The van der Waals surface area contributed by atoms with Gasteiger partial charge in [-0.15, -0.1) is 11.3 Å². The lowest BCUT2D eigenvalue weighted by Crippen LogP contribution is -2.35. The molecule has 1 fully saturated rings. The van der Waals surface area contributed by atoms with Gasteiger partial charge in [0.15, 0.2) is 0 Å². The summed E-state index contributed by atoms with van der Waals surface area (Å²) in [5.41, 5.74) is 1.87. The molecule has 146 valence electrons. The van der Waals surface area contributed by atoms with Crippen LogP contribution >= 0.6 is 11.3 Å². The van der Waals surface area contributed by atoms with E-state index >= 15 is 0 Å². The van der Waals surface area contributed by atoms with Crippen LogP contribution in [0.2, 0.25) is 0 Å². The number of hydrogen-bond acceptors (Lipinski definition) is 5. The standard InChI is InChI=1S/C20H21N3O3S2/c1-14-21-18-9-8-16(13-19(18)27-14)22-20(24)15-6-5-7-17(12-15)28(25,26)23-10-3-2-4-11-23/h5-9,12-13H,2-4,10-11H2,1H3,(H,22,24). The van der Waals surface area contributed by atoms with Gasteiger partial charge in [0.1, 0.15) is 0 Å². The Morgan fingerprint density at radius 3 is 2.68 bits per heavy atom. The van der Waals surface area contributed by atoms with Gasteiger partial charge in [0, 0.05) is 24.3 Å². The monoisotopic (exact) mass is 415 g/mol. The molecule has 2 heterocycles. The summed E-state index contributed by atoms with van der Waals surface area (Å²) in [5, 5.41) is 3.82. The maximum Gasteiger partial charge on any atom is 0.255 e. The summed E-state index contributed by atoms with van der Waals surface area (Å²) in [6, 6.07) is 11.8. The van der Waals surface area contributed by atoms with E-state index in [0.717, 1.165) is 34.5 Å². The van der Waals surface area contributed by atoms with Crippen molar-refractivity contribution in [2.24, 2.45) is 0 Å². The number of carbonyl (C=O) groups is 1. The number of nitrogens with one attached hydrogen (secondary N) is 1. The lowest BCUT2D eigenvalue weighted by atomic mass is 10.2. The molecule has 0 aliphatic carbocycles. The van der Waals surface area contributed by atoms with Gasteiger partial charge < -0.3 is 5.32 Å². The highest BCUT2D eigenvalue weighted by molar-refractivity contribution is 7.89. The fourth-order valence-electron chi connectivity index (χ4n) is 3.37. The van der Waals surface area contributed by atoms with Crippen LogP contribution in [0.1, 0.15) is 34.6 Å². The highest BCUT2D eigenvalue weighted by atomic mass is 32.2. The number of anilines is 1. The maximum atomic E-state index is 12.9. The van der Waals surface area contributed by atoms with Gasteiger partial charge in [-0.3, -0.25) is 4.79 Å². The maximum absolute atomic E-state index is 12.9. The van der Waals surface area contributed by atoms with Crippen LogP contribution in [0.3, 0.4) is 0 Å². The molecule has 0 spiro atoms. The minimum atomic E-state index is -3.57. The summed E-state index contributed by atoms with van der Waals surface area (Å²) in [6.07, 6.45) is 2.80. The summed E-state index contributed by atoms with van der Waals surface area (Å²) in [4.78, 5) is 17.3. The van der Waals surface area contributed by atoms with Crippen LogP contribution in [-0.2, 0) is 10.0 Å². The SMILES string of the molecule is Cc1nc2ccc(NC(=O)c3cccc(S(=O)(=O)N4CCCCC4)c3)cc2s1. The minimum Gasteiger partial charge on any atom is -0.322 e. The highest BCUT2D eigenvalue weighted by Crippen LogP contribution is 2.26. The average molecular weight is 416 g/mol. The molecular weight excluding hydrogens is 394 g/mol. The molecule has 2 aromatic carbocycles. The number of thiazole rings is 1. The Morgan fingerprint density at radius 2 is 1.89 bits per heavy atom. The molecule has 0 atom stereocenters. The molecule has 0 saturated carbocycles. The molecule has 3 aromatic rings. The summed E-state index contributed by atoms with van der Waals surface area (Å²) in [6.45, 7) is 3.01. The number of piperidine rings is 1. The fraction of sp³-hybridized carbons (Fsp3) is 0.300. The number of hydrogen-bond donors (Lipinski definition) is 1. The average Bonchev–Trinajstić information content (AvgIpc) is 3.08. The van der Waals surface area contributed by atoms with Crippen LogP contribution in [0.4, 0.5) is 5.69 Å². The molecule has 0 radical (unpaired) electrons. The number of benzene rings is 2. The summed E-state index contributed by atoms with van der Waals surface area (Å²) >= 11 is 1.56. The van der Waals surface area contributed by atoms with Crippen LogP contribution in [0, 0.1) is 6.92 Å². The van der Waals surface area contributed by atoms with E-state index in [1.54, 1.807) is 35.6 Å². The summed E-state index contributed by atoms with van der Waals surface area (Å²) in [7, 11) is -3.57. The molecule has 1 aliphatic heterocycles. The van der Waals surface area contributed by atoms with Crippen molar-refractivity contribution in [2.75, 3.05) is 18.4 Å². The van der Waals surface area contributed by atoms with Crippen molar-refractivity contribution in [3.63, 3.8) is 0 Å². The number of carbonyl (C=O) groups excluding carboxylic acids is 1. The van der Waals surface area contributed by atoms with Crippen LogP contribution in [-0.4, -0.2) is 36.7 Å². The van der Waals surface area contributed by atoms with E-state index in [1.165, 1.54) is 10.4 Å². The highest BCUT2D eigenvalue weighted by Gasteiger charge is 2.26. The second-order valence-electron chi connectivity index (χ2n) is 6.86. The van der Waals surface area contributed by atoms with Crippen molar-refractivity contribution in [1.29, 1.82) is 0 Å². The molecule has 1 aromatic heterocycles. The smallest absolute Gasteiger partial charge is 0.255 e. The van der Waals surface area contributed by atoms with Gasteiger partial charge in [-0.05, 0) is 56.2 Å². The predicted molar refractivity (Wildman–Crippen MR) is 111 cm³/mol. The zero-order chi connectivity index (χ0) is 19.7. The molecule has 8 heteroatoms. The molecule has 1 saturated heterocycles. The van der Waals surface area contributed by atoms with Crippen molar-refractivity contribution in [1.82, 2.24) is 9.29 Å². The van der Waals surface area contributed by atoms with E-state index in [0.29, 0.717) is 24.3 Å². The number of aryl methyl sites for hydroxylation is 1. The van der Waals surface area contributed by atoms with Crippen LogP contribution in [0.25, 0.3) is 10.2 Å². The Balaban J connectivity index is 1.56. The third-order valence-electron chi connectivity index (χ3n) is 4.80. The number of fused-ring (bicyclic) bond motifs is 1. The molecular formula is C20H21N3O3S2. The number of nitrogens with zero attached hydrogens (tertiary/aromatic N) is 2. The summed E-state index contributed by atoms with van der Waals surface area (Å²) in [5.74, 6) is -0.337.